The maximum absolute atomic E-state index is 12.6. The normalized spacial score (nSPS) is 13.4. The molecule has 1 N–H and O–H groups in total. The van der Waals surface area contributed by atoms with Crippen molar-refractivity contribution >= 4 is 17.4 Å². The number of nitrogens with zero attached hydrogens (tertiary/aromatic N) is 1. The van der Waals surface area contributed by atoms with E-state index in [-0.39, 0.29) is 6.03 Å². The van der Waals surface area contributed by atoms with Gasteiger partial charge >= 0.3 is 6.03 Å². The summed E-state index contributed by atoms with van der Waals surface area (Å²) in [5, 5.41) is 3.06. The molecule has 2 amide bonds. The number of amides is 2. The highest BCUT2D eigenvalue weighted by atomic mass is 16.2. The Labute approximate surface area is 125 Å². The van der Waals surface area contributed by atoms with Gasteiger partial charge in [0, 0.05) is 17.9 Å². The first kappa shape index (κ1) is 13.7. The zero-order chi connectivity index (χ0) is 14.8. The van der Waals surface area contributed by atoms with E-state index in [1.165, 1.54) is 11.1 Å². The molecule has 1 aliphatic rings. The van der Waals surface area contributed by atoms with Crippen LogP contribution in [0.1, 0.15) is 30.9 Å². The molecule has 0 radical (unpaired) electrons. The van der Waals surface area contributed by atoms with Crippen molar-refractivity contribution in [1.82, 2.24) is 0 Å². The average Bonchev–Trinajstić information content (AvgIpc) is 2.91. The van der Waals surface area contributed by atoms with Crippen LogP contribution in [-0.2, 0) is 6.42 Å². The second kappa shape index (κ2) is 5.60. The topological polar surface area (TPSA) is 32.3 Å². The summed E-state index contributed by atoms with van der Waals surface area (Å²) in [5.41, 5.74) is 4.34. The second-order valence-corrected chi connectivity index (χ2v) is 5.70. The summed E-state index contributed by atoms with van der Waals surface area (Å²) in [6, 6.07) is 16.1. The predicted octanol–water partition coefficient (Wildman–Crippen LogP) is 4.40. The lowest BCUT2D eigenvalue weighted by Crippen LogP contribution is -2.33. The van der Waals surface area contributed by atoms with Crippen molar-refractivity contribution in [3.8, 4) is 0 Å². The minimum atomic E-state index is -0.0481. The average molecular weight is 280 g/mol. The molecule has 0 aliphatic carbocycles. The first-order chi connectivity index (χ1) is 10.2. The summed E-state index contributed by atoms with van der Waals surface area (Å²) in [4.78, 5) is 14.4. The highest BCUT2D eigenvalue weighted by Gasteiger charge is 2.24. The molecule has 21 heavy (non-hydrogen) atoms. The number of hydrogen-bond acceptors (Lipinski definition) is 1. The number of fused-ring (bicyclic) bond motifs is 1. The molecule has 3 rings (SSSR count). The lowest BCUT2D eigenvalue weighted by atomic mass is 10.0. The summed E-state index contributed by atoms with van der Waals surface area (Å²) in [5.74, 6) is 0.382. The fraction of sp³-hybridized carbons (Fsp3) is 0.278. The van der Waals surface area contributed by atoms with Gasteiger partial charge in [-0.05, 0) is 35.6 Å². The van der Waals surface area contributed by atoms with Crippen LogP contribution in [0.15, 0.2) is 48.5 Å². The summed E-state index contributed by atoms with van der Waals surface area (Å²) in [6.45, 7) is 5.02. The molecule has 3 nitrogen and oxygen atoms in total. The number of rotatable bonds is 2. The fourth-order valence-corrected chi connectivity index (χ4v) is 2.85. The van der Waals surface area contributed by atoms with Crippen LogP contribution >= 0.6 is 0 Å². The van der Waals surface area contributed by atoms with E-state index >= 15 is 0 Å². The van der Waals surface area contributed by atoms with E-state index in [0.29, 0.717) is 5.92 Å². The van der Waals surface area contributed by atoms with Crippen molar-refractivity contribution in [2.45, 2.75) is 26.2 Å². The van der Waals surface area contributed by atoms with Gasteiger partial charge in [-0.2, -0.15) is 0 Å². The van der Waals surface area contributed by atoms with Crippen molar-refractivity contribution in [3.05, 3.63) is 59.7 Å². The van der Waals surface area contributed by atoms with Gasteiger partial charge in [0.15, 0.2) is 0 Å². The van der Waals surface area contributed by atoms with Gasteiger partial charge < -0.3 is 5.32 Å². The van der Waals surface area contributed by atoms with Crippen molar-refractivity contribution in [2.24, 2.45) is 0 Å². The highest BCUT2D eigenvalue weighted by molar-refractivity contribution is 6.03. The Hall–Kier alpha value is -2.29. The Morgan fingerprint density at radius 3 is 2.62 bits per heavy atom. The van der Waals surface area contributed by atoms with Gasteiger partial charge in [0.05, 0.1) is 0 Å². The third kappa shape index (κ3) is 2.64. The van der Waals surface area contributed by atoms with Crippen LogP contribution < -0.4 is 10.2 Å². The number of hydrogen-bond donors (Lipinski definition) is 1. The first-order valence-corrected chi connectivity index (χ1v) is 7.42. The summed E-state index contributed by atoms with van der Waals surface area (Å²) in [7, 11) is 0. The maximum Gasteiger partial charge on any atom is 0.326 e. The number of nitrogens with one attached hydrogen (secondary N) is 1. The van der Waals surface area contributed by atoms with E-state index in [4.69, 9.17) is 0 Å². The van der Waals surface area contributed by atoms with Gasteiger partial charge in [-0.15, -0.1) is 0 Å². The van der Waals surface area contributed by atoms with Crippen LogP contribution in [-0.4, -0.2) is 12.6 Å². The number of carbonyl (C=O) groups excluding carboxylic acids is 1. The van der Waals surface area contributed by atoms with Gasteiger partial charge in [-0.3, -0.25) is 4.90 Å². The molecule has 1 heterocycles. The Morgan fingerprint density at radius 2 is 1.81 bits per heavy atom. The Balaban J connectivity index is 1.82. The van der Waals surface area contributed by atoms with Gasteiger partial charge in [0.2, 0.25) is 0 Å². The maximum atomic E-state index is 12.6. The van der Waals surface area contributed by atoms with Crippen LogP contribution in [0.2, 0.25) is 0 Å². The van der Waals surface area contributed by atoms with Gasteiger partial charge in [0.1, 0.15) is 0 Å². The molecule has 3 heteroatoms. The SMILES string of the molecule is CC(C)c1ccccc1NC(=O)N1CCc2ccccc21. The van der Waals surface area contributed by atoms with Crippen molar-refractivity contribution in [2.75, 3.05) is 16.8 Å². The zero-order valence-corrected chi connectivity index (χ0v) is 12.5. The predicted molar refractivity (Wildman–Crippen MR) is 87.0 cm³/mol. The van der Waals surface area contributed by atoms with Crippen LogP contribution in [0.3, 0.4) is 0 Å². The van der Waals surface area contributed by atoms with Crippen LogP contribution in [0.4, 0.5) is 16.2 Å². The molecular formula is C18H20N2O. The number of carbonyl (C=O) groups is 1. The van der Waals surface area contributed by atoms with Crippen molar-refractivity contribution in [1.29, 1.82) is 0 Å². The molecule has 0 bridgehead atoms. The lowest BCUT2D eigenvalue weighted by molar-refractivity contribution is 0.257. The highest BCUT2D eigenvalue weighted by Crippen LogP contribution is 2.29. The van der Waals surface area contributed by atoms with E-state index in [0.717, 1.165) is 24.3 Å². The molecule has 1 aliphatic heterocycles. The number of anilines is 2. The van der Waals surface area contributed by atoms with E-state index in [1.54, 1.807) is 0 Å². The third-order valence-corrected chi connectivity index (χ3v) is 3.96. The summed E-state index contributed by atoms with van der Waals surface area (Å²) < 4.78 is 0. The molecule has 0 saturated carbocycles. The standard InChI is InChI=1S/C18H20N2O/c1-13(2)15-8-4-5-9-16(15)19-18(21)20-12-11-14-7-3-6-10-17(14)20/h3-10,13H,11-12H2,1-2H3,(H,19,21). The number of benzene rings is 2. The molecule has 2 aromatic carbocycles. The van der Waals surface area contributed by atoms with E-state index < -0.39 is 0 Å². The van der Waals surface area contributed by atoms with Gasteiger partial charge in [0.25, 0.3) is 0 Å². The van der Waals surface area contributed by atoms with Gasteiger partial charge in [-0.25, -0.2) is 4.79 Å². The minimum absolute atomic E-state index is 0.0481. The molecule has 0 aromatic heterocycles. The van der Waals surface area contributed by atoms with E-state index in [1.807, 2.05) is 41.3 Å². The molecule has 108 valence electrons. The molecule has 0 fully saturated rings. The van der Waals surface area contributed by atoms with Crippen molar-refractivity contribution in [3.63, 3.8) is 0 Å². The number of urea groups is 1. The monoisotopic (exact) mass is 280 g/mol. The molecule has 0 atom stereocenters. The minimum Gasteiger partial charge on any atom is -0.307 e. The molecule has 0 unspecified atom stereocenters. The molecule has 0 saturated heterocycles. The lowest BCUT2D eigenvalue weighted by Gasteiger charge is -2.20. The Bertz CT molecular complexity index is 664. The van der Waals surface area contributed by atoms with E-state index in [2.05, 4.69) is 31.3 Å². The Morgan fingerprint density at radius 1 is 1.10 bits per heavy atom. The van der Waals surface area contributed by atoms with Crippen molar-refractivity contribution < 1.29 is 4.79 Å². The largest absolute Gasteiger partial charge is 0.326 e. The third-order valence-electron chi connectivity index (χ3n) is 3.96. The summed E-state index contributed by atoms with van der Waals surface area (Å²) >= 11 is 0. The zero-order valence-electron chi connectivity index (χ0n) is 12.5. The number of para-hydroxylation sites is 2. The smallest absolute Gasteiger partial charge is 0.307 e. The fourth-order valence-electron chi connectivity index (χ4n) is 2.85. The molecule has 0 spiro atoms. The van der Waals surface area contributed by atoms with Crippen LogP contribution in [0.5, 0.6) is 0 Å². The van der Waals surface area contributed by atoms with E-state index in [9.17, 15) is 4.79 Å². The summed E-state index contributed by atoms with van der Waals surface area (Å²) in [6.07, 6.45) is 0.926. The van der Waals surface area contributed by atoms with Crippen LogP contribution in [0.25, 0.3) is 0 Å². The Kier molecular flexibility index (Phi) is 3.65. The quantitative estimate of drug-likeness (QED) is 0.868. The molecule has 2 aromatic rings. The molecular weight excluding hydrogens is 260 g/mol. The first-order valence-electron chi connectivity index (χ1n) is 7.42. The van der Waals surface area contributed by atoms with Gasteiger partial charge in [-0.1, -0.05) is 50.2 Å². The second-order valence-electron chi connectivity index (χ2n) is 5.70. The van der Waals surface area contributed by atoms with Crippen LogP contribution in [0, 0.1) is 0 Å².